The van der Waals surface area contributed by atoms with Crippen LogP contribution in [0.5, 0.6) is 5.75 Å². The summed E-state index contributed by atoms with van der Waals surface area (Å²) in [5.74, 6) is -13.4. The van der Waals surface area contributed by atoms with Gasteiger partial charge >= 0.3 is 5.97 Å². The maximum atomic E-state index is 13.4. The minimum Gasteiger partial charge on any atom is -0.481 e. The molecule has 1 N–H and O–H groups in total. The third kappa shape index (κ3) is 2.30. The topological polar surface area (TPSA) is 46.5 Å². The molecule has 1 aliphatic rings. The number of benzene rings is 1. The number of ether oxygens (including phenoxy) is 1. The zero-order valence-electron chi connectivity index (χ0n) is 9.98. The van der Waals surface area contributed by atoms with Gasteiger partial charge in [0.25, 0.3) is 0 Å². The van der Waals surface area contributed by atoms with E-state index in [4.69, 9.17) is 9.84 Å². The fraction of sp³-hybridized carbons (Fsp3) is 0.417. The Morgan fingerprint density at radius 1 is 1.00 bits per heavy atom. The Morgan fingerprint density at radius 2 is 1.45 bits per heavy atom. The van der Waals surface area contributed by atoms with Crippen LogP contribution in [0.3, 0.4) is 0 Å². The summed E-state index contributed by atoms with van der Waals surface area (Å²) < 4.78 is 70.6. The van der Waals surface area contributed by atoms with Gasteiger partial charge in [-0.2, -0.15) is 8.78 Å². The number of carboxylic acid groups (broad SMARTS) is 1. The molecule has 1 saturated carbocycles. The highest BCUT2D eigenvalue weighted by atomic mass is 19.2. The van der Waals surface area contributed by atoms with Crippen LogP contribution in [0.2, 0.25) is 0 Å². The van der Waals surface area contributed by atoms with Gasteiger partial charge in [0, 0.05) is 0 Å². The Morgan fingerprint density at radius 3 is 1.80 bits per heavy atom. The first-order chi connectivity index (χ1) is 9.27. The predicted octanol–water partition coefficient (Wildman–Crippen LogP) is 3.16. The van der Waals surface area contributed by atoms with Crippen LogP contribution in [-0.4, -0.2) is 16.7 Å². The average molecular weight is 296 g/mol. The quantitative estimate of drug-likeness (QED) is 0.527. The Balaban J connectivity index is 2.41. The van der Waals surface area contributed by atoms with Crippen molar-refractivity contribution in [3.63, 3.8) is 0 Å². The summed E-state index contributed by atoms with van der Waals surface area (Å²) in [4.78, 5) is 10.7. The van der Waals surface area contributed by atoms with Crippen LogP contribution in [0, 0.1) is 29.1 Å². The summed E-state index contributed by atoms with van der Waals surface area (Å²) in [5.41, 5.74) is -1.43. The molecule has 0 amide bonds. The Hall–Kier alpha value is -1.86. The molecule has 1 fully saturated rings. The number of halogens is 5. The van der Waals surface area contributed by atoms with E-state index in [-0.39, 0.29) is 12.8 Å². The van der Waals surface area contributed by atoms with Gasteiger partial charge in [0.1, 0.15) is 5.60 Å². The summed E-state index contributed by atoms with van der Waals surface area (Å²) in [6, 6.07) is 0. The number of carboxylic acids is 1. The molecule has 0 radical (unpaired) electrons. The maximum absolute atomic E-state index is 13.4. The zero-order chi connectivity index (χ0) is 15.1. The average Bonchev–Trinajstić information content (AvgIpc) is 2.35. The first kappa shape index (κ1) is 14.5. The van der Waals surface area contributed by atoms with Gasteiger partial charge < -0.3 is 9.84 Å². The van der Waals surface area contributed by atoms with Crippen molar-refractivity contribution in [3.05, 3.63) is 29.1 Å². The van der Waals surface area contributed by atoms with Crippen LogP contribution in [0.1, 0.15) is 25.7 Å². The van der Waals surface area contributed by atoms with E-state index in [0.717, 1.165) is 0 Å². The molecule has 0 aromatic heterocycles. The van der Waals surface area contributed by atoms with E-state index in [0.29, 0.717) is 6.42 Å². The smallest absolute Gasteiger partial charge is 0.307 e. The van der Waals surface area contributed by atoms with Gasteiger partial charge in [0.05, 0.1) is 6.42 Å². The third-order valence-electron chi connectivity index (χ3n) is 3.23. The molecule has 0 bridgehead atoms. The summed E-state index contributed by atoms with van der Waals surface area (Å²) in [7, 11) is 0. The number of hydrogen-bond donors (Lipinski definition) is 1. The zero-order valence-corrected chi connectivity index (χ0v) is 9.98. The molecule has 0 aliphatic heterocycles. The van der Waals surface area contributed by atoms with Crippen molar-refractivity contribution >= 4 is 5.97 Å². The lowest BCUT2D eigenvalue weighted by Gasteiger charge is -2.40. The molecule has 8 heteroatoms. The highest BCUT2D eigenvalue weighted by Gasteiger charge is 2.43. The number of aliphatic carboxylic acids is 1. The van der Waals surface area contributed by atoms with E-state index in [1.807, 2.05) is 0 Å². The number of hydrogen-bond acceptors (Lipinski definition) is 2. The third-order valence-corrected chi connectivity index (χ3v) is 3.23. The first-order valence-electron chi connectivity index (χ1n) is 5.70. The van der Waals surface area contributed by atoms with E-state index in [2.05, 4.69) is 0 Å². The Bertz CT molecular complexity index is 540. The monoisotopic (exact) mass is 296 g/mol. The number of rotatable bonds is 4. The molecule has 110 valence electrons. The van der Waals surface area contributed by atoms with Gasteiger partial charge in [0.15, 0.2) is 5.75 Å². The normalized spacial score (nSPS) is 16.6. The lowest BCUT2D eigenvalue weighted by molar-refractivity contribution is -0.144. The molecule has 3 nitrogen and oxygen atoms in total. The predicted molar refractivity (Wildman–Crippen MR) is 55.7 cm³/mol. The van der Waals surface area contributed by atoms with Crippen LogP contribution in [0.25, 0.3) is 0 Å². The van der Waals surface area contributed by atoms with Crippen molar-refractivity contribution in [1.29, 1.82) is 0 Å². The van der Waals surface area contributed by atoms with Gasteiger partial charge in [-0.25, -0.2) is 13.2 Å². The first-order valence-corrected chi connectivity index (χ1v) is 5.70. The van der Waals surface area contributed by atoms with Crippen molar-refractivity contribution in [3.8, 4) is 5.75 Å². The number of carbonyl (C=O) groups is 1. The summed E-state index contributed by atoms with van der Waals surface area (Å²) >= 11 is 0. The van der Waals surface area contributed by atoms with Crippen molar-refractivity contribution in [2.45, 2.75) is 31.3 Å². The van der Waals surface area contributed by atoms with Crippen molar-refractivity contribution in [2.75, 3.05) is 0 Å². The largest absolute Gasteiger partial charge is 0.481 e. The van der Waals surface area contributed by atoms with Gasteiger partial charge in [-0.3, -0.25) is 4.79 Å². The molecule has 1 aliphatic carbocycles. The molecule has 0 heterocycles. The summed E-state index contributed by atoms with van der Waals surface area (Å²) in [6.07, 6.45) is 0.298. The van der Waals surface area contributed by atoms with Crippen LogP contribution >= 0.6 is 0 Å². The molecule has 1 aromatic carbocycles. The van der Waals surface area contributed by atoms with Gasteiger partial charge in [-0.15, -0.1) is 0 Å². The minimum atomic E-state index is -2.28. The Labute approximate surface area is 110 Å². The van der Waals surface area contributed by atoms with Crippen LogP contribution in [0.4, 0.5) is 22.0 Å². The summed E-state index contributed by atoms with van der Waals surface area (Å²) in [6.45, 7) is 0. The molecule has 20 heavy (non-hydrogen) atoms. The molecule has 0 atom stereocenters. The summed E-state index contributed by atoms with van der Waals surface area (Å²) in [5, 5.41) is 8.71. The van der Waals surface area contributed by atoms with Gasteiger partial charge in [0.2, 0.25) is 29.1 Å². The second-order valence-electron chi connectivity index (χ2n) is 4.61. The molecule has 0 spiro atoms. The Kier molecular flexibility index (Phi) is 3.58. The molecule has 1 aromatic rings. The second-order valence-corrected chi connectivity index (χ2v) is 4.61. The fourth-order valence-electron chi connectivity index (χ4n) is 2.05. The molecule has 0 saturated heterocycles. The van der Waals surface area contributed by atoms with E-state index >= 15 is 0 Å². The molecule has 0 unspecified atom stereocenters. The van der Waals surface area contributed by atoms with Gasteiger partial charge in [-0.05, 0) is 19.3 Å². The lowest BCUT2D eigenvalue weighted by Crippen LogP contribution is -2.45. The van der Waals surface area contributed by atoms with E-state index in [1.54, 1.807) is 0 Å². The SMILES string of the molecule is O=C(O)CC1(Oc2c(F)c(F)c(F)c(F)c2F)CCC1. The maximum Gasteiger partial charge on any atom is 0.307 e. The molecular formula is C12H9F5O3. The highest BCUT2D eigenvalue weighted by molar-refractivity contribution is 5.68. The van der Waals surface area contributed by atoms with Crippen molar-refractivity contribution in [2.24, 2.45) is 0 Å². The fourth-order valence-corrected chi connectivity index (χ4v) is 2.05. The highest BCUT2D eigenvalue weighted by Crippen LogP contribution is 2.42. The van der Waals surface area contributed by atoms with Crippen molar-refractivity contribution < 1.29 is 36.6 Å². The second kappa shape index (κ2) is 4.92. The van der Waals surface area contributed by atoms with E-state index < -0.39 is 52.8 Å². The van der Waals surface area contributed by atoms with Crippen LogP contribution in [-0.2, 0) is 4.79 Å². The van der Waals surface area contributed by atoms with Crippen LogP contribution < -0.4 is 4.74 Å². The van der Waals surface area contributed by atoms with Crippen molar-refractivity contribution in [1.82, 2.24) is 0 Å². The van der Waals surface area contributed by atoms with E-state index in [9.17, 15) is 26.7 Å². The molecule has 2 rings (SSSR count). The minimum absolute atomic E-state index is 0.165. The van der Waals surface area contributed by atoms with Gasteiger partial charge in [-0.1, -0.05) is 0 Å². The standard InChI is InChI=1S/C12H9F5O3/c13-6-7(14)9(16)11(10(17)8(6)15)20-12(2-1-3-12)4-5(18)19/h1-4H2,(H,18,19). The molecular weight excluding hydrogens is 287 g/mol. The van der Waals surface area contributed by atoms with E-state index in [1.165, 1.54) is 0 Å². The van der Waals surface area contributed by atoms with Crippen LogP contribution in [0.15, 0.2) is 0 Å². The lowest BCUT2D eigenvalue weighted by atomic mass is 9.77.